The summed E-state index contributed by atoms with van der Waals surface area (Å²) in [5, 5.41) is 0. The summed E-state index contributed by atoms with van der Waals surface area (Å²) in [6.07, 6.45) is 0. The van der Waals surface area contributed by atoms with E-state index in [1.165, 1.54) is 0 Å². The molecule has 0 atom stereocenters. The van der Waals surface area contributed by atoms with E-state index in [9.17, 15) is 4.79 Å². The first-order chi connectivity index (χ1) is 10.5. The van der Waals surface area contributed by atoms with Crippen LogP contribution in [0.25, 0.3) is 0 Å². The average molecular weight is 335 g/mol. The minimum atomic E-state index is -0.0453. The normalized spacial score (nSPS) is 9.87. The summed E-state index contributed by atoms with van der Waals surface area (Å²) in [5.41, 5.74) is 8.93. The first-order valence-corrected chi connectivity index (χ1v) is 7.35. The van der Waals surface area contributed by atoms with Gasteiger partial charge in [0.05, 0.1) is 6.61 Å². The molecule has 5 heteroatoms. The predicted octanol–water partition coefficient (Wildman–Crippen LogP) is 3.67. The molecule has 2 aromatic carbocycles. The second-order valence-corrected chi connectivity index (χ2v) is 5.28. The highest BCUT2D eigenvalue weighted by molar-refractivity contribution is 5.96. The highest BCUT2D eigenvalue weighted by Gasteiger charge is 2.16. The number of benzene rings is 2. The summed E-state index contributed by atoms with van der Waals surface area (Å²) in [5.74, 6) is 0.769. The third-order valence-corrected chi connectivity index (χ3v) is 3.52. The lowest BCUT2D eigenvalue weighted by atomic mass is 10.1. The zero-order valence-corrected chi connectivity index (χ0v) is 14.5. The minimum absolute atomic E-state index is 0. The Morgan fingerprint density at radius 2 is 1.91 bits per heavy atom. The van der Waals surface area contributed by atoms with Crippen LogP contribution < -0.4 is 10.5 Å². The Hall–Kier alpha value is -2.20. The number of aryl methyl sites for hydroxylation is 1. The number of anilines is 1. The molecule has 23 heavy (non-hydrogen) atoms. The van der Waals surface area contributed by atoms with Gasteiger partial charge >= 0.3 is 0 Å². The quantitative estimate of drug-likeness (QED) is 0.849. The zero-order chi connectivity index (χ0) is 16.1. The monoisotopic (exact) mass is 334 g/mol. The predicted molar refractivity (Wildman–Crippen MR) is 96.2 cm³/mol. The number of ether oxygens (including phenoxy) is 1. The second-order valence-electron chi connectivity index (χ2n) is 5.28. The van der Waals surface area contributed by atoms with E-state index in [0.29, 0.717) is 24.4 Å². The number of amides is 1. The Balaban J connectivity index is 0.00000264. The molecule has 0 spiro atoms. The fraction of sp³-hybridized carbons (Fsp3) is 0.278. The number of carbonyl (C=O) groups excluding carboxylic acids is 1. The molecule has 0 unspecified atom stereocenters. The molecule has 0 radical (unpaired) electrons. The molecule has 2 rings (SSSR count). The first kappa shape index (κ1) is 18.8. The topological polar surface area (TPSA) is 55.6 Å². The van der Waals surface area contributed by atoms with Crippen molar-refractivity contribution < 1.29 is 9.53 Å². The number of halogens is 1. The molecule has 2 aromatic rings. The number of rotatable bonds is 5. The van der Waals surface area contributed by atoms with E-state index >= 15 is 0 Å². The Morgan fingerprint density at radius 3 is 2.61 bits per heavy atom. The van der Waals surface area contributed by atoms with Crippen LogP contribution >= 0.6 is 12.4 Å². The molecular formula is C18H23ClN2O2. The fourth-order valence-electron chi connectivity index (χ4n) is 2.33. The zero-order valence-electron chi connectivity index (χ0n) is 13.7. The van der Waals surface area contributed by atoms with E-state index < -0.39 is 0 Å². The molecule has 0 aliphatic carbocycles. The third-order valence-electron chi connectivity index (χ3n) is 3.52. The van der Waals surface area contributed by atoms with Crippen LogP contribution in [0.3, 0.4) is 0 Å². The Morgan fingerprint density at radius 1 is 1.22 bits per heavy atom. The molecule has 124 valence electrons. The molecule has 2 N–H and O–H groups in total. The van der Waals surface area contributed by atoms with Gasteiger partial charge in [-0.05, 0) is 37.6 Å². The van der Waals surface area contributed by atoms with Crippen molar-refractivity contribution in [2.24, 2.45) is 0 Å². The largest absolute Gasteiger partial charge is 0.494 e. The van der Waals surface area contributed by atoms with Crippen LogP contribution in [0.15, 0.2) is 42.5 Å². The smallest absolute Gasteiger partial charge is 0.254 e. The van der Waals surface area contributed by atoms with Gasteiger partial charge in [0, 0.05) is 30.4 Å². The van der Waals surface area contributed by atoms with Crippen molar-refractivity contribution >= 4 is 24.0 Å². The lowest BCUT2D eigenvalue weighted by Crippen LogP contribution is -2.27. The Bertz CT molecular complexity index is 674. The number of nitrogens with zero attached hydrogens (tertiary/aromatic N) is 1. The molecule has 0 aromatic heterocycles. The SMILES string of the molecule is CCOc1ccccc1CN(C)C(=O)c1cc(N)ccc1C.Cl. The van der Waals surface area contributed by atoms with E-state index in [1.54, 1.807) is 24.1 Å². The second kappa shape index (κ2) is 8.44. The van der Waals surface area contributed by atoms with E-state index in [4.69, 9.17) is 10.5 Å². The van der Waals surface area contributed by atoms with Crippen LogP contribution in [0.1, 0.15) is 28.4 Å². The fourth-order valence-corrected chi connectivity index (χ4v) is 2.33. The number of hydrogen-bond donors (Lipinski definition) is 1. The molecular weight excluding hydrogens is 312 g/mol. The van der Waals surface area contributed by atoms with Gasteiger partial charge in [-0.25, -0.2) is 0 Å². The lowest BCUT2D eigenvalue weighted by molar-refractivity contribution is 0.0783. The van der Waals surface area contributed by atoms with E-state index in [-0.39, 0.29) is 18.3 Å². The summed E-state index contributed by atoms with van der Waals surface area (Å²) < 4.78 is 5.61. The van der Waals surface area contributed by atoms with Crippen molar-refractivity contribution in [3.63, 3.8) is 0 Å². The van der Waals surface area contributed by atoms with Gasteiger partial charge in [0.25, 0.3) is 5.91 Å². The number of para-hydroxylation sites is 1. The van der Waals surface area contributed by atoms with E-state index in [0.717, 1.165) is 16.9 Å². The van der Waals surface area contributed by atoms with Crippen LogP contribution in [-0.4, -0.2) is 24.5 Å². The van der Waals surface area contributed by atoms with Crippen molar-refractivity contribution in [2.75, 3.05) is 19.4 Å². The summed E-state index contributed by atoms with van der Waals surface area (Å²) in [6, 6.07) is 13.2. The number of nitrogens with two attached hydrogens (primary N) is 1. The van der Waals surface area contributed by atoms with E-state index in [1.807, 2.05) is 44.2 Å². The highest BCUT2D eigenvalue weighted by Crippen LogP contribution is 2.21. The van der Waals surface area contributed by atoms with Crippen LogP contribution in [0.2, 0.25) is 0 Å². The van der Waals surface area contributed by atoms with Gasteiger partial charge in [-0.2, -0.15) is 0 Å². The maximum atomic E-state index is 12.6. The van der Waals surface area contributed by atoms with Crippen LogP contribution in [0.5, 0.6) is 5.75 Å². The molecule has 0 aliphatic rings. The van der Waals surface area contributed by atoms with Crippen molar-refractivity contribution in [1.82, 2.24) is 4.90 Å². The van der Waals surface area contributed by atoms with Gasteiger partial charge < -0.3 is 15.4 Å². The lowest BCUT2D eigenvalue weighted by Gasteiger charge is -2.20. The van der Waals surface area contributed by atoms with Gasteiger partial charge in [0.2, 0.25) is 0 Å². The molecule has 0 heterocycles. The molecule has 0 saturated heterocycles. The third kappa shape index (κ3) is 4.63. The van der Waals surface area contributed by atoms with Gasteiger partial charge in [-0.3, -0.25) is 4.79 Å². The number of carbonyl (C=O) groups is 1. The summed E-state index contributed by atoms with van der Waals surface area (Å²) in [4.78, 5) is 14.3. The minimum Gasteiger partial charge on any atom is -0.494 e. The van der Waals surface area contributed by atoms with Crippen LogP contribution in [0.4, 0.5) is 5.69 Å². The van der Waals surface area contributed by atoms with Gasteiger partial charge in [0.15, 0.2) is 0 Å². The van der Waals surface area contributed by atoms with Gasteiger partial charge in [-0.1, -0.05) is 24.3 Å². The van der Waals surface area contributed by atoms with Crippen molar-refractivity contribution in [2.45, 2.75) is 20.4 Å². The Labute approximate surface area is 143 Å². The molecule has 0 bridgehead atoms. The molecule has 0 aliphatic heterocycles. The number of hydrogen-bond acceptors (Lipinski definition) is 3. The maximum Gasteiger partial charge on any atom is 0.254 e. The summed E-state index contributed by atoms with van der Waals surface area (Å²) in [7, 11) is 1.79. The van der Waals surface area contributed by atoms with Gasteiger partial charge in [-0.15, -0.1) is 12.4 Å². The summed E-state index contributed by atoms with van der Waals surface area (Å²) >= 11 is 0. The molecule has 1 amide bonds. The maximum absolute atomic E-state index is 12.6. The Kier molecular flexibility index (Phi) is 6.91. The van der Waals surface area contributed by atoms with E-state index in [2.05, 4.69) is 0 Å². The highest BCUT2D eigenvalue weighted by atomic mass is 35.5. The first-order valence-electron chi connectivity index (χ1n) is 7.35. The standard InChI is InChI=1S/C18H22N2O2.ClH/c1-4-22-17-8-6-5-7-14(17)12-20(3)18(21)16-11-15(19)10-9-13(16)2;/h5-11H,4,12,19H2,1-3H3;1H. The van der Waals surface area contributed by atoms with Crippen molar-refractivity contribution in [3.05, 3.63) is 59.2 Å². The molecule has 0 saturated carbocycles. The molecule has 4 nitrogen and oxygen atoms in total. The van der Waals surface area contributed by atoms with Crippen molar-refractivity contribution in [3.8, 4) is 5.75 Å². The number of nitrogen functional groups attached to an aromatic ring is 1. The van der Waals surface area contributed by atoms with Crippen LogP contribution in [-0.2, 0) is 6.54 Å². The van der Waals surface area contributed by atoms with Gasteiger partial charge in [0.1, 0.15) is 5.75 Å². The molecule has 0 fully saturated rings. The van der Waals surface area contributed by atoms with Crippen LogP contribution in [0, 0.1) is 6.92 Å². The average Bonchev–Trinajstić information content (AvgIpc) is 2.51. The van der Waals surface area contributed by atoms with Crippen molar-refractivity contribution in [1.29, 1.82) is 0 Å². The summed E-state index contributed by atoms with van der Waals surface area (Å²) in [6.45, 7) is 4.95.